The molecule has 1 aromatic heterocycles. The molecule has 8 heteroatoms. The predicted molar refractivity (Wildman–Crippen MR) is 103 cm³/mol. The van der Waals surface area contributed by atoms with Gasteiger partial charge in [0.1, 0.15) is 13.1 Å². The summed E-state index contributed by atoms with van der Waals surface area (Å²) in [5, 5.41) is 7.34. The Morgan fingerprint density at radius 3 is 2.46 bits per heavy atom. The number of aryl methyl sites for hydroxylation is 2. The first-order chi connectivity index (χ1) is 13.3. The highest BCUT2D eigenvalue weighted by molar-refractivity contribution is 6.06. The van der Waals surface area contributed by atoms with Crippen LogP contribution in [-0.2, 0) is 9.59 Å². The number of imide groups is 1. The van der Waals surface area contributed by atoms with E-state index >= 15 is 0 Å². The van der Waals surface area contributed by atoms with Gasteiger partial charge in [0.25, 0.3) is 5.91 Å². The van der Waals surface area contributed by atoms with Crippen molar-refractivity contribution in [1.29, 1.82) is 0 Å². The molecule has 8 nitrogen and oxygen atoms in total. The molecule has 4 amide bonds. The predicted octanol–water partition coefficient (Wildman–Crippen LogP) is 2.16. The van der Waals surface area contributed by atoms with Crippen molar-refractivity contribution in [2.24, 2.45) is 0 Å². The Hall–Kier alpha value is -3.16. The lowest BCUT2D eigenvalue weighted by Crippen LogP contribution is -2.39. The Bertz CT molecular complexity index is 959. The second kappa shape index (κ2) is 6.78. The number of nitrogens with one attached hydrogen (secondary N) is 1. The summed E-state index contributed by atoms with van der Waals surface area (Å²) in [7, 11) is 0. The second-order valence-corrected chi connectivity index (χ2v) is 7.46. The fraction of sp³-hybridized carbons (Fsp3) is 0.400. The number of hydrogen-bond donors (Lipinski definition) is 1. The minimum absolute atomic E-state index is 0.0696. The SMILES string of the molecule is Cc1ccc(-n2nc(C)c(NC(=O)CN3C(=O)CN(C4CC4)C3=O)c2C)cc1. The fourth-order valence-corrected chi connectivity index (χ4v) is 3.47. The van der Waals surface area contributed by atoms with Crippen molar-refractivity contribution < 1.29 is 14.4 Å². The van der Waals surface area contributed by atoms with Crippen molar-refractivity contribution in [2.75, 3.05) is 18.4 Å². The number of hydrogen-bond acceptors (Lipinski definition) is 4. The van der Waals surface area contributed by atoms with Crippen LogP contribution in [0.25, 0.3) is 5.69 Å². The van der Waals surface area contributed by atoms with Gasteiger partial charge in [-0.2, -0.15) is 5.10 Å². The number of carbonyl (C=O) groups excluding carboxylic acids is 3. The summed E-state index contributed by atoms with van der Waals surface area (Å²) < 4.78 is 1.77. The molecular formula is C20H23N5O3. The molecule has 0 spiro atoms. The van der Waals surface area contributed by atoms with Gasteiger partial charge in [0.2, 0.25) is 5.91 Å². The lowest BCUT2D eigenvalue weighted by Gasteiger charge is -2.16. The van der Waals surface area contributed by atoms with Crippen LogP contribution in [0.1, 0.15) is 29.8 Å². The molecule has 4 rings (SSSR count). The highest BCUT2D eigenvalue weighted by atomic mass is 16.2. The van der Waals surface area contributed by atoms with E-state index in [1.165, 1.54) is 0 Å². The number of benzene rings is 1. The summed E-state index contributed by atoms with van der Waals surface area (Å²) in [6, 6.07) is 7.72. The number of nitrogens with zero attached hydrogens (tertiary/aromatic N) is 4. The van der Waals surface area contributed by atoms with Crippen molar-refractivity contribution in [3.8, 4) is 5.69 Å². The van der Waals surface area contributed by atoms with Crippen molar-refractivity contribution >= 4 is 23.5 Å². The molecule has 28 heavy (non-hydrogen) atoms. The standard InChI is InChI=1S/C20H23N5O3/c1-12-4-6-16(7-5-12)25-14(3)19(13(2)22-25)21-17(26)10-24-18(27)11-23(20(24)28)15-8-9-15/h4-7,15H,8-11H2,1-3H3,(H,21,26). The van der Waals surface area contributed by atoms with E-state index in [-0.39, 0.29) is 31.1 Å². The van der Waals surface area contributed by atoms with Gasteiger partial charge in [0.05, 0.1) is 22.8 Å². The van der Waals surface area contributed by atoms with E-state index in [4.69, 9.17) is 0 Å². The van der Waals surface area contributed by atoms with Gasteiger partial charge in [0, 0.05) is 6.04 Å². The molecule has 1 saturated heterocycles. The number of rotatable bonds is 5. The maximum absolute atomic E-state index is 12.5. The lowest BCUT2D eigenvalue weighted by molar-refractivity contribution is -0.129. The Balaban J connectivity index is 1.48. The van der Waals surface area contributed by atoms with Crippen molar-refractivity contribution in [1.82, 2.24) is 19.6 Å². The lowest BCUT2D eigenvalue weighted by atomic mass is 10.2. The maximum atomic E-state index is 12.5. The number of amides is 4. The molecule has 0 bridgehead atoms. The van der Waals surface area contributed by atoms with E-state index < -0.39 is 5.91 Å². The Morgan fingerprint density at radius 1 is 1.14 bits per heavy atom. The van der Waals surface area contributed by atoms with Crippen LogP contribution in [0.2, 0.25) is 0 Å². The normalized spacial score (nSPS) is 16.8. The van der Waals surface area contributed by atoms with Gasteiger partial charge in [-0.3, -0.25) is 14.5 Å². The zero-order valence-electron chi connectivity index (χ0n) is 16.2. The largest absolute Gasteiger partial charge is 0.327 e. The molecule has 1 aromatic carbocycles. The van der Waals surface area contributed by atoms with E-state index in [1.807, 2.05) is 45.0 Å². The summed E-state index contributed by atoms with van der Waals surface area (Å²) >= 11 is 0. The number of anilines is 1. The third-order valence-corrected chi connectivity index (χ3v) is 5.21. The van der Waals surface area contributed by atoms with Gasteiger partial charge in [-0.05, 0) is 45.7 Å². The summed E-state index contributed by atoms with van der Waals surface area (Å²) in [6.45, 7) is 5.49. The van der Waals surface area contributed by atoms with Gasteiger partial charge in [-0.1, -0.05) is 17.7 Å². The third kappa shape index (κ3) is 3.26. The molecule has 0 atom stereocenters. The molecule has 2 heterocycles. The number of aromatic nitrogens is 2. The van der Waals surface area contributed by atoms with Crippen LogP contribution < -0.4 is 5.32 Å². The van der Waals surface area contributed by atoms with Crippen LogP contribution >= 0.6 is 0 Å². The Labute approximate surface area is 163 Å². The van der Waals surface area contributed by atoms with Crippen LogP contribution in [0.3, 0.4) is 0 Å². The highest BCUT2D eigenvalue weighted by Gasteiger charge is 2.44. The third-order valence-electron chi connectivity index (χ3n) is 5.21. The first-order valence-electron chi connectivity index (χ1n) is 9.39. The average Bonchev–Trinajstić information content (AvgIpc) is 3.42. The zero-order valence-corrected chi connectivity index (χ0v) is 16.2. The zero-order chi connectivity index (χ0) is 20.0. The van der Waals surface area contributed by atoms with Gasteiger partial charge in [0.15, 0.2) is 0 Å². The van der Waals surface area contributed by atoms with Gasteiger partial charge in [-0.25, -0.2) is 9.48 Å². The van der Waals surface area contributed by atoms with E-state index in [0.717, 1.165) is 34.7 Å². The van der Waals surface area contributed by atoms with Crippen LogP contribution in [0.5, 0.6) is 0 Å². The second-order valence-electron chi connectivity index (χ2n) is 7.46. The first kappa shape index (κ1) is 18.2. The number of carbonyl (C=O) groups is 3. The van der Waals surface area contributed by atoms with E-state index in [1.54, 1.807) is 9.58 Å². The highest BCUT2D eigenvalue weighted by Crippen LogP contribution is 2.30. The monoisotopic (exact) mass is 381 g/mol. The molecule has 2 fully saturated rings. The summed E-state index contributed by atoms with van der Waals surface area (Å²) in [5.41, 5.74) is 4.11. The van der Waals surface area contributed by atoms with Gasteiger partial charge in [-0.15, -0.1) is 0 Å². The van der Waals surface area contributed by atoms with E-state index in [2.05, 4.69) is 10.4 Å². The quantitative estimate of drug-likeness (QED) is 0.804. The molecule has 1 aliphatic heterocycles. The van der Waals surface area contributed by atoms with Crippen LogP contribution in [0, 0.1) is 20.8 Å². The van der Waals surface area contributed by atoms with Crippen LogP contribution in [0.4, 0.5) is 10.5 Å². The Kier molecular flexibility index (Phi) is 4.41. The van der Waals surface area contributed by atoms with Crippen molar-refractivity contribution in [2.45, 2.75) is 39.7 Å². The minimum atomic E-state index is -0.408. The van der Waals surface area contributed by atoms with Crippen LogP contribution in [0.15, 0.2) is 24.3 Å². The molecule has 0 radical (unpaired) electrons. The summed E-state index contributed by atoms with van der Waals surface area (Å²) in [6.07, 6.45) is 1.85. The topological polar surface area (TPSA) is 87.5 Å². The molecule has 2 aliphatic rings. The average molecular weight is 381 g/mol. The minimum Gasteiger partial charge on any atom is -0.321 e. The van der Waals surface area contributed by atoms with Gasteiger partial charge >= 0.3 is 6.03 Å². The van der Waals surface area contributed by atoms with E-state index in [0.29, 0.717) is 11.4 Å². The van der Waals surface area contributed by atoms with Crippen molar-refractivity contribution in [3.63, 3.8) is 0 Å². The Morgan fingerprint density at radius 2 is 1.82 bits per heavy atom. The molecule has 2 aromatic rings. The van der Waals surface area contributed by atoms with E-state index in [9.17, 15) is 14.4 Å². The molecule has 1 saturated carbocycles. The summed E-state index contributed by atoms with van der Waals surface area (Å²) in [5.74, 6) is -0.732. The maximum Gasteiger partial charge on any atom is 0.327 e. The van der Waals surface area contributed by atoms with Crippen LogP contribution in [-0.4, -0.2) is 56.6 Å². The fourth-order valence-electron chi connectivity index (χ4n) is 3.47. The smallest absolute Gasteiger partial charge is 0.321 e. The molecule has 146 valence electrons. The molecular weight excluding hydrogens is 358 g/mol. The number of urea groups is 1. The molecule has 1 aliphatic carbocycles. The summed E-state index contributed by atoms with van der Waals surface area (Å²) in [4.78, 5) is 39.6. The first-order valence-corrected chi connectivity index (χ1v) is 9.39. The molecule has 0 unspecified atom stereocenters. The molecule has 1 N–H and O–H groups in total. The van der Waals surface area contributed by atoms with Gasteiger partial charge < -0.3 is 10.2 Å². The van der Waals surface area contributed by atoms with Crippen molar-refractivity contribution in [3.05, 3.63) is 41.2 Å².